The number of ether oxygens (including phenoxy) is 2. The molecule has 0 unspecified atom stereocenters. The van der Waals surface area contributed by atoms with Gasteiger partial charge in [0.25, 0.3) is 0 Å². The quantitative estimate of drug-likeness (QED) is 0.794. The van der Waals surface area contributed by atoms with Crippen molar-refractivity contribution < 1.29 is 14.3 Å². The van der Waals surface area contributed by atoms with Gasteiger partial charge in [0.05, 0.1) is 18.9 Å². The Morgan fingerprint density at radius 3 is 2.81 bits per heavy atom. The maximum Gasteiger partial charge on any atom is 0.414 e. The van der Waals surface area contributed by atoms with Crippen LogP contribution in [0.15, 0.2) is 24.3 Å². The van der Waals surface area contributed by atoms with Crippen molar-refractivity contribution in [2.24, 2.45) is 0 Å². The first-order valence-corrected chi connectivity index (χ1v) is 7.35. The molecule has 3 rings (SSSR count). The van der Waals surface area contributed by atoms with Crippen molar-refractivity contribution in [1.29, 1.82) is 0 Å². The second-order valence-corrected chi connectivity index (χ2v) is 6.47. The topological polar surface area (TPSA) is 38.8 Å². The zero-order valence-corrected chi connectivity index (χ0v) is 12.8. The minimum atomic E-state index is -0.473. The predicted octanol–water partition coefficient (Wildman–Crippen LogP) is 3.40. The Morgan fingerprint density at radius 1 is 1.33 bits per heavy atom. The minimum Gasteiger partial charge on any atom is -0.443 e. The third kappa shape index (κ3) is 2.95. The van der Waals surface area contributed by atoms with Crippen molar-refractivity contribution in [3.8, 4) is 0 Å². The van der Waals surface area contributed by atoms with Crippen LogP contribution in [0.25, 0.3) is 5.57 Å². The molecular weight excluding hydrogens is 266 g/mol. The molecular formula is C17H21NO3. The lowest BCUT2D eigenvalue weighted by atomic mass is 10.0. The summed E-state index contributed by atoms with van der Waals surface area (Å²) in [6.45, 7) is 7.66. The molecule has 0 aliphatic carbocycles. The number of amides is 1. The van der Waals surface area contributed by atoms with E-state index in [1.807, 2.05) is 20.8 Å². The highest BCUT2D eigenvalue weighted by Gasteiger charge is 2.29. The van der Waals surface area contributed by atoms with Crippen LogP contribution in [0.5, 0.6) is 0 Å². The molecule has 0 radical (unpaired) electrons. The first-order chi connectivity index (χ1) is 9.94. The van der Waals surface area contributed by atoms with Gasteiger partial charge in [0.2, 0.25) is 0 Å². The Hall–Kier alpha value is -1.81. The largest absolute Gasteiger partial charge is 0.443 e. The Bertz CT molecular complexity index is 599. The molecule has 0 N–H and O–H groups in total. The molecule has 1 aromatic carbocycles. The molecule has 2 heterocycles. The molecule has 0 atom stereocenters. The van der Waals surface area contributed by atoms with E-state index in [2.05, 4.69) is 24.3 Å². The van der Waals surface area contributed by atoms with Crippen molar-refractivity contribution in [2.75, 3.05) is 24.7 Å². The van der Waals surface area contributed by atoms with Crippen LogP contribution >= 0.6 is 0 Å². The molecule has 1 amide bonds. The highest BCUT2D eigenvalue weighted by Crippen LogP contribution is 2.33. The van der Waals surface area contributed by atoms with Gasteiger partial charge >= 0.3 is 6.09 Å². The Morgan fingerprint density at radius 2 is 2.14 bits per heavy atom. The highest BCUT2D eigenvalue weighted by molar-refractivity contribution is 5.91. The lowest BCUT2D eigenvalue weighted by molar-refractivity contribution is 0.0584. The summed E-state index contributed by atoms with van der Waals surface area (Å²) in [5.74, 6) is 0. The van der Waals surface area contributed by atoms with E-state index in [9.17, 15) is 4.79 Å². The second-order valence-electron chi connectivity index (χ2n) is 6.47. The van der Waals surface area contributed by atoms with E-state index in [-0.39, 0.29) is 6.09 Å². The van der Waals surface area contributed by atoms with Gasteiger partial charge in [0.15, 0.2) is 0 Å². The molecule has 2 aliphatic rings. The second kappa shape index (κ2) is 5.19. The summed E-state index contributed by atoms with van der Waals surface area (Å²) in [6.07, 6.45) is 2.70. The van der Waals surface area contributed by atoms with Crippen molar-refractivity contribution in [3.05, 3.63) is 35.4 Å². The maximum atomic E-state index is 12.3. The smallest absolute Gasteiger partial charge is 0.414 e. The number of carbonyl (C=O) groups is 1. The van der Waals surface area contributed by atoms with Crippen LogP contribution in [0.1, 0.15) is 31.9 Å². The van der Waals surface area contributed by atoms with Crippen molar-refractivity contribution in [1.82, 2.24) is 0 Å². The van der Waals surface area contributed by atoms with Gasteiger partial charge in [-0.25, -0.2) is 4.79 Å². The van der Waals surface area contributed by atoms with Crippen LogP contribution in [-0.4, -0.2) is 31.5 Å². The number of benzene rings is 1. The van der Waals surface area contributed by atoms with E-state index in [0.717, 1.165) is 17.7 Å². The lowest BCUT2D eigenvalue weighted by Gasteiger charge is -2.25. The first kappa shape index (κ1) is 14.1. The summed E-state index contributed by atoms with van der Waals surface area (Å²) >= 11 is 0. The zero-order chi connectivity index (χ0) is 15.0. The zero-order valence-electron chi connectivity index (χ0n) is 12.8. The van der Waals surface area contributed by atoms with Gasteiger partial charge in [0, 0.05) is 6.54 Å². The summed E-state index contributed by atoms with van der Waals surface area (Å²) in [4.78, 5) is 14.1. The monoisotopic (exact) mass is 287 g/mol. The Kier molecular flexibility index (Phi) is 3.49. The van der Waals surface area contributed by atoms with Crippen LogP contribution < -0.4 is 4.90 Å². The summed E-state index contributed by atoms with van der Waals surface area (Å²) in [6, 6.07) is 6.29. The lowest BCUT2D eigenvalue weighted by Crippen LogP contribution is -2.35. The summed E-state index contributed by atoms with van der Waals surface area (Å²) < 4.78 is 10.9. The first-order valence-electron chi connectivity index (χ1n) is 7.35. The molecule has 1 aromatic rings. The van der Waals surface area contributed by atoms with Gasteiger partial charge < -0.3 is 9.47 Å². The summed E-state index contributed by atoms with van der Waals surface area (Å²) in [5.41, 5.74) is 4.01. The standard InChI is InChI=1S/C17H21NO3/c1-17(2,3)21-16(19)18-8-6-12-4-5-13(10-15(12)18)14-7-9-20-11-14/h4-5,7,10H,6,8-9,11H2,1-3H3. The Labute approximate surface area is 125 Å². The van der Waals surface area contributed by atoms with Gasteiger partial charge in [-0.2, -0.15) is 0 Å². The fraction of sp³-hybridized carbons (Fsp3) is 0.471. The number of carbonyl (C=O) groups excluding carboxylic acids is 1. The molecule has 0 aromatic heterocycles. The Balaban J connectivity index is 1.86. The van der Waals surface area contributed by atoms with E-state index < -0.39 is 5.60 Å². The molecule has 2 aliphatic heterocycles. The summed E-state index contributed by atoms with van der Waals surface area (Å²) in [5, 5.41) is 0. The maximum absolute atomic E-state index is 12.3. The molecule has 21 heavy (non-hydrogen) atoms. The fourth-order valence-corrected chi connectivity index (χ4v) is 2.67. The van der Waals surface area contributed by atoms with E-state index >= 15 is 0 Å². The van der Waals surface area contributed by atoms with Crippen LogP contribution in [-0.2, 0) is 15.9 Å². The predicted molar refractivity (Wildman–Crippen MR) is 82.5 cm³/mol. The third-order valence-electron chi connectivity index (χ3n) is 3.67. The molecule has 4 heteroatoms. The molecule has 0 spiro atoms. The number of hydrogen-bond donors (Lipinski definition) is 0. The number of hydrogen-bond acceptors (Lipinski definition) is 3. The van der Waals surface area contributed by atoms with Crippen molar-refractivity contribution in [2.45, 2.75) is 32.8 Å². The molecule has 0 bridgehead atoms. The van der Waals surface area contributed by atoms with E-state index in [0.29, 0.717) is 19.8 Å². The van der Waals surface area contributed by atoms with Gasteiger partial charge in [-0.3, -0.25) is 4.90 Å². The van der Waals surface area contributed by atoms with Crippen molar-refractivity contribution in [3.63, 3.8) is 0 Å². The SMILES string of the molecule is CC(C)(C)OC(=O)N1CCc2ccc(C3=CCOC3)cc21. The van der Waals surface area contributed by atoms with Gasteiger partial charge in [0.1, 0.15) is 5.60 Å². The number of rotatable bonds is 1. The molecule has 112 valence electrons. The average Bonchev–Trinajstić information content (AvgIpc) is 3.05. The van der Waals surface area contributed by atoms with Crippen molar-refractivity contribution >= 4 is 17.4 Å². The van der Waals surface area contributed by atoms with Gasteiger partial charge in [-0.1, -0.05) is 18.2 Å². The molecule has 0 fully saturated rings. The molecule has 4 nitrogen and oxygen atoms in total. The van der Waals surface area contributed by atoms with E-state index in [1.54, 1.807) is 4.90 Å². The normalized spacial score (nSPS) is 17.7. The molecule has 0 saturated carbocycles. The van der Waals surface area contributed by atoms with E-state index in [4.69, 9.17) is 9.47 Å². The van der Waals surface area contributed by atoms with Gasteiger partial charge in [-0.05, 0) is 50.0 Å². The average molecular weight is 287 g/mol. The van der Waals surface area contributed by atoms with Crippen LogP contribution in [0.4, 0.5) is 10.5 Å². The highest BCUT2D eigenvalue weighted by atomic mass is 16.6. The number of fused-ring (bicyclic) bond motifs is 1. The van der Waals surface area contributed by atoms with Crippen LogP contribution in [0.3, 0.4) is 0 Å². The number of nitrogens with zero attached hydrogens (tertiary/aromatic N) is 1. The van der Waals surface area contributed by atoms with Crippen LogP contribution in [0, 0.1) is 0 Å². The molecule has 0 saturated heterocycles. The third-order valence-corrected chi connectivity index (χ3v) is 3.67. The van der Waals surface area contributed by atoms with Gasteiger partial charge in [-0.15, -0.1) is 0 Å². The van der Waals surface area contributed by atoms with Crippen LogP contribution in [0.2, 0.25) is 0 Å². The van der Waals surface area contributed by atoms with E-state index in [1.165, 1.54) is 11.1 Å². The fourth-order valence-electron chi connectivity index (χ4n) is 2.67. The minimum absolute atomic E-state index is 0.268. The summed E-state index contributed by atoms with van der Waals surface area (Å²) in [7, 11) is 0. The number of anilines is 1.